The van der Waals surface area contributed by atoms with Gasteiger partial charge < -0.3 is 24.6 Å². The molecule has 8 nitrogen and oxygen atoms in total. The number of methoxy groups -OCH3 is 1. The number of fused-ring (bicyclic) bond motifs is 1. The zero-order valence-electron chi connectivity index (χ0n) is 19.4. The standard InChI is InChI=1S/C24H31FN2O6/c1-24(2,3)33-23(31)27-10-9-14(17(13-27)22(29)30)5-8-20(28)21-16-11-15(32-4)6-7-19(16)26-12-18(21)25/h6-7,11-12,14,17,20,28H,5,8-10,13H2,1-4H3,(H,29,30). The predicted octanol–water partition coefficient (Wildman–Crippen LogP) is 4.15. The Morgan fingerprint density at radius 3 is 2.70 bits per heavy atom. The first-order chi connectivity index (χ1) is 15.5. The molecule has 33 heavy (non-hydrogen) atoms. The monoisotopic (exact) mass is 462 g/mol. The van der Waals surface area contributed by atoms with E-state index in [0.717, 1.165) is 6.20 Å². The Hall–Kier alpha value is -2.94. The number of aromatic nitrogens is 1. The Bertz CT molecular complexity index is 1020. The van der Waals surface area contributed by atoms with Crippen molar-refractivity contribution in [3.05, 3.63) is 35.8 Å². The number of pyridine rings is 1. The number of hydrogen-bond acceptors (Lipinski definition) is 6. The van der Waals surface area contributed by atoms with Crippen molar-refractivity contribution in [1.29, 1.82) is 0 Å². The maximum absolute atomic E-state index is 14.6. The average Bonchev–Trinajstić information content (AvgIpc) is 2.75. The minimum atomic E-state index is -1.14. The second-order valence-electron chi connectivity index (χ2n) is 9.42. The fourth-order valence-corrected chi connectivity index (χ4v) is 4.27. The third kappa shape index (κ3) is 5.90. The summed E-state index contributed by atoms with van der Waals surface area (Å²) in [4.78, 5) is 29.8. The number of benzene rings is 1. The van der Waals surface area contributed by atoms with E-state index in [2.05, 4.69) is 4.98 Å². The Balaban J connectivity index is 1.72. The molecule has 2 heterocycles. The van der Waals surface area contributed by atoms with Gasteiger partial charge in [-0.3, -0.25) is 9.78 Å². The molecule has 3 unspecified atom stereocenters. The second kappa shape index (κ2) is 9.91. The van der Waals surface area contributed by atoms with Gasteiger partial charge in [-0.15, -0.1) is 0 Å². The van der Waals surface area contributed by atoms with Crippen molar-refractivity contribution in [1.82, 2.24) is 9.88 Å². The molecule has 180 valence electrons. The van der Waals surface area contributed by atoms with Gasteiger partial charge in [0.2, 0.25) is 0 Å². The number of amides is 1. The number of rotatable bonds is 6. The number of aliphatic carboxylic acids is 1. The van der Waals surface area contributed by atoms with Crippen molar-refractivity contribution in [3.63, 3.8) is 0 Å². The van der Waals surface area contributed by atoms with E-state index >= 15 is 0 Å². The summed E-state index contributed by atoms with van der Waals surface area (Å²) >= 11 is 0. The summed E-state index contributed by atoms with van der Waals surface area (Å²) < 4.78 is 25.2. The van der Waals surface area contributed by atoms with Crippen molar-refractivity contribution in [3.8, 4) is 5.75 Å². The van der Waals surface area contributed by atoms with E-state index < -0.39 is 35.5 Å². The van der Waals surface area contributed by atoms with Crippen LogP contribution in [0.2, 0.25) is 0 Å². The van der Waals surface area contributed by atoms with Gasteiger partial charge in [-0.2, -0.15) is 0 Å². The molecule has 0 bridgehead atoms. The number of hydrogen-bond donors (Lipinski definition) is 2. The smallest absolute Gasteiger partial charge is 0.410 e. The minimum Gasteiger partial charge on any atom is -0.497 e. The minimum absolute atomic E-state index is 0.0365. The number of carboxylic acid groups (broad SMARTS) is 1. The molecule has 1 aromatic heterocycles. The summed E-state index contributed by atoms with van der Waals surface area (Å²) in [6.07, 6.45) is 0.400. The number of carbonyl (C=O) groups is 2. The first-order valence-corrected chi connectivity index (χ1v) is 11.0. The molecule has 2 N–H and O–H groups in total. The third-order valence-electron chi connectivity index (χ3n) is 5.94. The molecule has 0 spiro atoms. The highest BCUT2D eigenvalue weighted by Crippen LogP contribution is 2.35. The molecule has 1 amide bonds. The number of carboxylic acids is 1. The second-order valence-corrected chi connectivity index (χ2v) is 9.42. The van der Waals surface area contributed by atoms with Crippen molar-refractivity contribution >= 4 is 23.0 Å². The molecule has 1 aliphatic heterocycles. The largest absolute Gasteiger partial charge is 0.497 e. The van der Waals surface area contributed by atoms with Crippen LogP contribution in [-0.2, 0) is 9.53 Å². The van der Waals surface area contributed by atoms with Crippen LogP contribution in [0.4, 0.5) is 9.18 Å². The molecule has 1 fully saturated rings. The number of piperidine rings is 1. The van der Waals surface area contributed by atoms with Crippen molar-refractivity contribution < 1.29 is 33.7 Å². The van der Waals surface area contributed by atoms with E-state index in [1.165, 1.54) is 12.0 Å². The van der Waals surface area contributed by atoms with Crippen LogP contribution in [-0.4, -0.2) is 58.0 Å². The third-order valence-corrected chi connectivity index (χ3v) is 5.94. The van der Waals surface area contributed by atoms with Gasteiger partial charge in [0.15, 0.2) is 0 Å². The highest BCUT2D eigenvalue weighted by atomic mass is 19.1. The maximum Gasteiger partial charge on any atom is 0.410 e. The van der Waals surface area contributed by atoms with Crippen LogP contribution in [0.25, 0.3) is 10.9 Å². The van der Waals surface area contributed by atoms with E-state index in [-0.39, 0.29) is 24.4 Å². The Kier molecular flexibility index (Phi) is 7.41. The fourth-order valence-electron chi connectivity index (χ4n) is 4.27. The molecule has 3 rings (SSSR count). The van der Waals surface area contributed by atoms with Gasteiger partial charge in [0.05, 0.1) is 30.8 Å². The number of carbonyl (C=O) groups excluding carboxylic acids is 1. The molecule has 0 aliphatic carbocycles. The molecule has 0 radical (unpaired) electrons. The van der Waals surface area contributed by atoms with Crippen LogP contribution in [0.5, 0.6) is 5.75 Å². The summed E-state index contributed by atoms with van der Waals surface area (Å²) in [5, 5.41) is 21.0. The van der Waals surface area contributed by atoms with Crippen LogP contribution in [0.3, 0.4) is 0 Å². The Morgan fingerprint density at radius 2 is 2.06 bits per heavy atom. The molecular formula is C24H31FN2O6. The molecule has 1 saturated heterocycles. The molecule has 9 heteroatoms. The Morgan fingerprint density at radius 1 is 1.33 bits per heavy atom. The van der Waals surface area contributed by atoms with Gasteiger partial charge in [0, 0.05) is 24.0 Å². The number of likely N-dealkylation sites (tertiary alicyclic amines) is 1. The quantitative estimate of drug-likeness (QED) is 0.664. The van der Waals surface area contributed by atoms with E-state index in [1.54, 1.807) is 39.0 Å². The first kappa shape index (κ1) is 24.7. The zero-order valence-corrected chi connectivity index (χ0v) is 19.4. The zero-order chi connectivity index (χ0) is 24.3. The molecular weight excluding hydrogens is 431 g/mol. The Labute approximate surface area is 192 Å². The number of aliphatic hydroxyl groups excluding tert-OH is 1. The highest BCUT2D eigenvalue weighted by molar-refractivity contribution is 5.84. The number of halogens is 1. The fraction of sp³-hybridized carbons (Fsp3) is 0.542. The van der Waals surface area contributed by atoms with Gasteiger partial charge in [0.1, 0.15) is 17.2 Å². The van der Waals surface area contributed by atoms with Gasteiger partial charge in [-0.25, -0.2) is 9.18 Å². The summed E-state index contributed by atoms with van der Waals surface area (Å²) in [6.45, 7) is 5.67. The molecule has 2 aromatic rings. The maximum atomic E-state index is 14.6. The van der Waals surface area contributed by atoms with Crippen molar-refractivity contribution in [2.24, 2.45) is 11.8 Å². The summed E-state index contributed by atoms with van der Waals surface area (Å²) in [6, 6.07) is 5.03. The van der Waals surface area contributed by atoms with Crippen molar-refractivity contribution in [2.45, 2.75) is 51.7 Å². The summed E-state index contributed by atoms with van der Waals surface area (Å²) in [5.74, 6) is -2.17. The molecule has 3 atom stereocenters. The molecule has 1 aliphatic rings. The summed E-state index contributed by atoms with van der Waals surface area (Å²) in [7, 11) is 1.50. The number of aliphatic hydroxyl groups is 1. The summed E-state index contributed by atoms with van der Waals surface area (Å²) in [5.41, 5.74) is -0.0195. The van der Waals surface area contributed by atoms with Crippen LogP contribution in [0.15, 0.2) is 24.4 Å². The van der Waals surface area contributed by atoms with Crippen LogP contribution in [0.1, 0.15) is 51.7 Å². The topological polar surface area (TPSA) is 109 Å². The van der Waals surface area contributed by atoms with E-state index in [1.807, 2.05) is 0 Å². The lowest BCUT2D eigenvalue weighted by Gasteiger charge is -2.37. The SMILES string of the molecule is COc1ccc2ncc(F)c(C(O)CCC3CCN(C(=O)OC(C)(C)C)CC3C(=O)O)c2c1. The van der Waals surface area contributed by atoms with Crippen LogP contribution >= 0.6 is 0 Å². The van der Waals surface area contributed by atoms with Crippen LogP contribution in [0, 0.1) is 17.7 Å². The number of nitrogens with zero attached hydrogens (tertiary/aromatic N) is 2. The molecule has 0 saturated carbocycles. The van der Waals surface area contributed by atoms with E-state index in [4.69, 9.17) is 9.47 Å². The van der Waals surface area contributed by atoms with E-state index in [0.29, 0.717) is 36.0 Å². The average molecular weight is 463 g/mol. The molecule has 1 aromatic carbocycles. The van der Waals surface area contributed by atoms with Gasteiger partial charge in [-0.05, 0) is 64.2 Å². The van der Waals surface area contributed by atoms with Crippen LogP contribution < -0.4 is 4.74 Å². The van der Waals surface area contributed by atoms with Gasteiger partial charge >= 0.3 is 12.1 Å². The first-order valence-electron chi connectivity index (χ1n) is 11.0. The lowest BCUT2D eigenvalue weighted by Crippen LogP contribution is -2.48. The lowest BCUT2D eigenvalue weighted by molar-refractivity contribution is -0.146. The normalized spacial score (nSPS) is 19.9. The van der Waals surface area contributed by atoms with E-state index in [9.17, 15) is 24.2 Å². The van der Waals surface area contributed by atoms with Crippen molar-refractivity contribution in [2.75, 3.05) is 20.2 Å². The highest BCUT2D eigenvalue weighted by Gasteiger charge is 2.37. The predicted molar refractivity (Wildman–Crippen MR) is 119 cm³/mol. The lowest BCUT2D eigenvalue weighted by atomic mass is 9.81. The van der Waals surface area contributed by atoms with Gasteiger partial charge in [0.25, 0.3) is 0 Å². The number of ether oxygens (including phenoxy) is 2. The van der Waals surface area contributed by atoms with Gasteiger partial charge in [-0.1, -0.05) is 0 Å².